The van der Waals surface area contributed by atoms with Gasteiger partial charge in [-0.1, -0.05) is 5.21 Å². The summed E-state index contributed by atoms with van der Waals surface area (Å²) in [6, 6.07) is 0. The number of nitrogens with one attached hydrogen (secondary N) is 1. The van der Waals surface area contributed by atoms with Gasteiger partial charge in [-0.05, 0) is 0 Å². The minimum atomic E-state index is -1.07. The zero-order valence-electron chi connectivity index (χ0n) is 21.6. The molecule has 0 aliphatic carbocycles. The molecule has 18 nitrogen and oxygen atoms in total. The molecule has 0 aliphatic rings. The van der Waals surface area contributed by atoms with Gasteiger partial charge in [-0.25, -0.2) is 19.1 Å². The SMILES string of the molecule is COC(=O)c1cnn(C)n1.COC(=O)c1cnnn1C.COC(C)(OC)OC.O=C(O)c1cn[nH]n1.[B]. The number of hydrogen-bond donors (Lipinski definition) is 2. The van der Waals surface area contributed by atoms with Crippen LogP contribution in [0.25, 0.3) is 0 Å². The van der Waals surface area contributed by atoms with Gasteiger partial charge in [-0.2, -0.15) is 20.2 Å². The highest BCUT2D eigenvalue weighted by molar-refractivity contribution is 5.87. The number of methoxy groups -OCH3 is 5. The van der Waals surface area contributed by atoms with E-state index >= 15 is 0 Å². The number of ether oxygens (including phenoxy) is 5. The minimum Gasteiger partial charge on any atom is -0.476 e. The third-order valence-electron chi connectivity index (χ3n) is 3.85. The topological polar surface area (TPSA) is 221 Å². The molecule has 3 radical (unpaired) electrons. The average molecular weight is 526 g/mol. The van der Waals surface area contributed by atoms with Crippen molar-refractivity contribution in [1.29, 1.82) is 0 Å². The van der Waals surface area contributed by atoms with Crippen molar-refractivity contribution in [2.75, 3.05) is 35.5 Å². The lowest BCUT2D eigenvalue weighted by Gasteiger charge is -2.23. The van der Waals surface area contributed by atoms with Gasteiger partial charge in [0.15, 0.2) is 17.1 Å². The summed E-state index contributed by atoms with van der Waals surface area (Å²) in [7, 11) is 10.4. The molecule has 203 valence electrons. The number of nitrogens with zero attached hydrogens (tertiary/aromatic N) is 8. The molecule has 3 aromatic rings. The van der Waals surface area contributed by atoms with Crippen molar-refractivity contribution >= 4 is 26.3 Å². The Labute approximate surface area is 213 Å². The molecule has 3 aromatic heterocycles. The van der Waals surface area contributed by atoms with Crippen LogP contribution in [0, 0.1) is 0 Å². The van der Waals surface area contributed by atoms with Crippen LogP contribution in [0.3, 0.4) is 0 Å². The number of carbonyl (C=O) groups excluding carboxylic acids is 2. The first-order valence-corrected chi connectivity index (χ1v) is 9.60. The van der Waals surface area contributed by atoms with Crippen LogP contribution >= 0.6 is 0 Å². The Morgan fingerprint density at radius 1 is 0.919 bits per heavy atom. The van der Waals surface area contributed by atoms with E-state index in [2.05, 4.69) is 45.4 Å². The maximum atomic E-state index is 10.8. The number of aromatic amines is 1. The van der Waals surface area contributed by atoms with Gasteiger partial charge in [0.2, 0.25) is 0 Å². The summed E-state index contributed by atoms with van der Waals surface area (Å²) < 4.78 is 24.6. The van der Waals surface area contributed by atoms with E-state index in [9.17, 15) is 14.4 Å². The molecular weight excluding hydrogens is 497 g/mol. The predicted octanol–water partition coefficient (Wildman–Crippen LogP) is -1.08. The molecule has 0 aromatic carbocycles. The van der Waals surface area contributed by atoms with E-state index in [1.54, 1.807) is 21.0 Å². The fourth-order valence-corrected chi connectivity index (χ4v) is 1.68. The first kappa shape index (κ1) is 34.9. The Balaban J connectivity index is 0. The van der Waals surface area contributed by atoms with E-state index in [0.717, 1.165) is 6.20 Å². The van der Waals surface area contributed by atoms with Crippen LogP contribution < -0.4 is 0 Å². The maximum Gasteiger partial charge on any atom is 0.360 e. The molecule has 0 unspecified atom stereocenters. The number of rotatable bonds is 6. The molecule has 0 atom stereocenters. The quantitative estimate of drug-likeness (QED) is 0.222. The molecular formula is C18H29BN9O9. The largest absolute Gasteiger partial charge is 0.476 e. The van der Waals surface area contributed by atoms with Gasteiger partial charge < -0.3 is 28.8 Å². The molecule has 0 spiro atoms. The lowest BCUT2D eigenvalue weighted by atomic mass is 10.5. The van der Waals surface area contributed by atoms with E-state index in [-0.39, 0.29) is 19.8 Å². The smallest absolute Gasteiger partial charge is 0.360 e. The predicted molar refractivity (Wildman–Crippen MR) is 123 cm³/mol. The standard InChI is InChI=1S/2C5H7N3O2.C5H12O3.C3H3N3O2.B/c1-8-4(3-6-7-8)5(9)10-2;1-8-6-3-4(7-8)5(9)10-2;1-5(6-2,7-3)8-4;7-3(8)2-1-4-6-5-2;/h2*3H,1-2H3;1-4H3;1H,(H,7,8)(H,4,5,6);. The highest BCUT2D eigenvalue weighted by Gasteiger charge is 2.20. The molecule has 0 amide bonds. The summed E-state index contributed by atoms with van der Waals surface area (Å²) in [5.74, 6) is -2.83. The molecule has 0 saturated heterocycles. The average Bonchev–Trinajstić information content (AvgIpc) is 3.66. The number of carboxylic acid groups (broad SMARTS) is 1. The van der Waals surface area contributed by atoms with E-state index in [1.165, 1.54) is 57.4 Å². The highest BCUT2D eigenvalue weighted by Crippen LogP contribution is 2.08. The number of H-pyrrole nitrogens is 1. The molecule has 3 rings (SSSR count). The van der Waals surface area contributed by atoms with Crippen LogP contribution in [0.1, 0.15) is 38.4 Å². The number of esters is 2. The molecule has 37 heavy (non-hydrogen) atoms. The van der Waals surface area contributed by atoms with Crippen molar-refractivity contribution in [1.82, 2.24) is 45.4 Å². The molecule has 0 bridgehead atoms. The Morgan fingerprint density at radius 2 is 1.49 bits per heavy atom. The lowest BCUT2D eigenvalue weighted by Crippen LogP contribution is -2.31. The zero-order valence-corrected chi connectivity index (χ0v) is 21.6. The van der Waals surface area contributed by atoms with Crippen LogP contribution in [-0.4, -0.2) is 118 Å². The molecule has 19 heteroatoms. The second-order valence-electron chi connectivity index (χ2n) is 6.08. The van der Waals surface area contributed by atoms with E-state index in [4.69, 9.17) is 19.3 Å². The van der Waals surface area contributed by atoms with Crippen LogP contribution in [0.5, 0.6) is 0 Å². The minimum absolute atomic E-state index is 0. The maximum absolute atomic E-state index is 10.8. The van der Waals surface area contributed by atoms with Crippen molar-refractivity contribution in [3.8, 4) is 0 Å². The zero-order chi connectivity index (χ0) is 27.7. The van der Waals surface area contributed by atoms with Crippen LogP contribution in [0.4, 0.5) is 0 Å². The number of aromatic nitrogens is 9. The Kier molecular flexibility index (Phi) is 17.1. The summed E-state index contributed by atoms with van der Waals surface area (Å²) in [5.41, 5.74) is 0.512. The van der Waals surface area contributed by atoms with Gasteiger partial charge >= 0.3 is 17.9 Å². The van der Waals surface area contributed by atoms with Gasteiger partial charge in [-0.3, -0.25) is 0 Å². The fraction of sp³-hybridized carbons (Fsp3) is 0.500. The lowest BCUT2D eigenvalue weighted by molar-refractivity contribution is -0.340. The first-order chi connectivity index (χ1) is 17.0. The number of carboxylic acids is 1. The Bertz CT molecular complexity index is 1040. The third-order valence-corrected chi connectivity index (χ3v) is 3.85. The molecule has 0 fully saturated rings. The van der Waals surface area contributed by atoms with E-state index in [1.807, 2.05) is 0 Å². The monoisotopic (exact) mass is 526 g/mol. The first-order valence-electron chi connectivity index (χ1n) is 9.60. The van der Waals surface area contributed by atoms with Crippen molar-refractivity contribution in [2.24, 2.45) is 14.1 Å². The molecule has 3 heterocycles. The summed E-state index contributed by atoms with van der Waals surface area (Å²) in [5, 5.41) is 31.3. The number of aromatic carboxylic acids is 1. The van der Waals surface area contributed by atoms with Gasteiger partial charge in [0.25, 0.3) is 5.97 Å². The highest BCUT2D eigenvalue weighted by atomic mass is 16.9. The van der Waals surface area contributed by atoms with Crippen LogP contribution in [0.15, 0.2) is 18.6 Å². The second kappa shape index (κ2) is 18.1. The van der Waals surface area contributed by atoms with E-state index in [0.29, 0.717) is 5.69 Å². The summed E-state index contributed by atoms with van der Waals surface area (Å²) in [6.07, 6.45) is 3.85. The van der Waals surface area contributed by atoms with Crippen LogP contribution in [-0.2, 0) is 37.8 Å². The van der Waals surface area contributed by atoms with Gasteiger partial charge in [0.1, 0.15) is 0 Å². The molecule has 0 aliphatic heterocycles. The van der Waals surface area contributed by atoms with Gasteiger partial charge in [0.05, 0.1) is 32.8 Å². The van der Waals surface area contributed by atoms with Gasteiger partial charge in [-0.15, -0.1) is 15.3 Å². The van der Waals surface area contributed by atoms with Crippen molar-refractivity contribution in [3.05, 3.63) is 35.7 Å². The van der Waals surface area contributed by atoms with Crippen molar-refractivity contribution < 1.29 is 43.2 Å². The normalized spacial score (nSPS) is 9.62. The summed E-state index contributed by atoms with van der Waals surface area (Å²) >= 11 is 0. The third kappa shape index (κ3) is 12.9. The number of aryl methyl sites for hydroxylation is 2. The second-order valence-corrected chi connectivity index (χ2v) is 6.08. The van der Waals surface area contributed by atoms with Gasteiger partial charge in [0, 0.05) is 50.8 Å². The van der Waals surface area contributed by atoms with Crippen LogP contribution in [0.2, 0.25) is 0 Å². The molecule has 0 saturated carbocycles. The summed E-state index contributed by atoms with van der Waals surface area (Å²) in [6.45, 7) is 1.69. The summed E-state index contributed by atoms with van der Waals surface area (Å²) in [4.78, 5) is 32.7. The van der Waals surface area contributed by atoms with Crippen molar-refractivity contribution in [2.45, 2.75) is 12.9 Å². The molecule has 2 N–H and O–H groups in total. The van der Waals surface area contributed by atoms with E-state index < -0.39 is 23.9 Å². The van der Waals surface area contributed by atoms with Crippen molar-refractivity contribution in [3.63, 3.8) is 0 Å². The fourth-order valence-electron chi connectivity index (χ4n) is 1.68. The Hall–Kier alpha value is -4.23. The number of hydrogen-bond acceptors (Lipinski definition) is 14. The Morgan fingerprint density at radius 3 is 1.76 bits per heavy atom. The number of carbonyl (C=O) groups is 3.